The molecule has 7 heteroatoms. The van der Waals surface area contributed by atoms with Gasteiger partial charge in [-0.25, -0.2) is 8.42 Å². The van der Waals surface area contributed by atoms with Gasteiger partial charge in [0.2, 0.25) is 15.9 Å². The minimum Gasteiger partial charge on any atom is -0.352 e. The molecule has 1 N–H and O–H groups in total. The van der Waals surface area contributed by atoms with Crippen molar-refractivity contribution < 1.29 is 13.2 Å². The van der Waals surface area contributed by atoms with E-state index in [-0.39, 0.29) is 5.91 Å². The molecule has 2 fully saturated rings. The highest BCUT2D eigenvalue weighted by Gasteiger charge is 2.27. The summed E-state index contributed by atoms with van der Waals surface area (Å²) in [5.74, 6) is 0.00917. The third-order valence-corrected chi connectivity index (χ3v) is 9.09. The lowest BCUT2D eigenvalue weighted by Crippen LogP contribution is -2.37. The summed E-state index contributed by atoms with van der Waals surface area (Å²) in [4.78, 5) is 15.4. The predicted molar refractivity (Wildman–Crippen MR) is 135 cm³/mol. The first-order valence-electron chi connectivity index (χ1n) is 12.6. The van der Waals surface area contributed by atoms with Gasteiger partial charge in [0.05, 0.1) is 4.90 Å². The fourth-order valence-corrected chi connectivity index (χ4v) is 6.46. The lowest BCUT2D eigenvalue weighted by atomic mass is 10.0. The van der Waals surface area contributed by atoms with Crippen molar-refractivity contribution in [2.24, 2.45) is 0 Å². The molecule has 34 heavy (non-hydrogen) atoms. The first kappa shape index (κ1) is 24.9. The number of benzene rings is 2. The number of hydrogen-bond donors (Lipinski definition) is 1. The Balaban J connectivity index is 1.27. The second kappa shape index (κ2) is 11.5. The van der Waals surface area contributed by atoms with Crippen molar-refractivity contribution in [1.29, 1.82) is 0 Å². The zero-order chi connectivity index (χ0) is 24.0. The van der Waals surface area contributed by atoms with E-state index in [2.05, 4.69) is 35.3 Å². The molecule has 2 saturated heterocycles. The molecule has 1 unspecified atom stereocenters. The highest BCUT2D eigenvalue weighted by atomic mass is 32.2. The summed E-state index contributed by atoms with van der Waals surface area (Å²) < 4.78 is 26.9. The van der Waals surface area contributed by atoms with Crippen LogP contribution in [0.25, 0.3) is 0 Å². The first-order chi connectivity index (χ1) is 16.4. The van der Waals surface area contributed by atoms with Gasteiger partial charge in [-0.3, -0.25) is 9.69 Å². The normalized spacial score (nSPS) is 19.9. The number of amides is 1. The summed E-state index contributed by atoms with van der Waals surface area (Å²) in [6.45, 7) is 6.11. The first-order valence-corrected chi connectivity index (χ1v) is 14.0. The average Bonchev–Trinajstić information content (AvgIpc) is 3.40. The molecule has 0 aliphatic carbocycles. The van der Waals surface area contributed by atoms with E-state index in [0.29, 0.717) is 43.4 Å². The molecule has 2 aromatic carbocycles. The van der Waals surface area contributed by atoms with Crippen LogP contribution in [0.3, 0.4) is 0 Å². The third kappa shape index (κ3) is 6.26. The van der Waals surface area contributed by atoms with E-state index in [1.54, 1.807) is 16.4 Å². The van der Waals surface area contributed by atoms with E-state index in [4.69, 9.17) is 0 Å². The molecule has 6 nitrogen and oxygen atoms in total. The Kier molecular flexibility index (Phi) is 8.40. The van der Waals surface area contributed by atoms with Crippen LogP contribution in [0.5, 0.6) is 0 Å². The van der Waals surface area contributed by atoms with E-state index >= 15 is 0 Å². The number of nitrogens with zero attached hydrogens (tertiary/aromatic N) is 2. The summed E-state index contributed by atoms with van der Waals surface area (Å²) in [6, 6.07) is 16.0. The van der Waals surface area contributed by atoms with Gasteiger partial charge in [0.25, 0.3) is 0 Å². The van der Waals surface area contributed by atoms with Crippen molar-refractivity contribution in [2.45, 2.75) is 75.9 Å². The van der Waals surface area contributed by atoms with Gasteiger partial charge < -0.3 is 5.32 Å². The standard InChI is InChI=1S/C27H37N3O3S/c1-22-8-4-5-17-29(22)21-25-10-3-2-9-24(25)20-28-27(31)16-13-23-11-14-26(15-12-23)34(32,33)30-18-6-7-19-30/h2-3,9-12,14-15,22H,4-8,13,16-21H2,1H3,(H,28,31). The van der Waals surface area contributed by atoms with Gasteiger partial charge in [-0.2, -0.15) is 4.31 Å². The number of likely N-dealkylation sites (tertiary alicyclic amines) is 1. The number of nitrogens with one attached hydrogen (secondary N) is 1. The number of carbonyl (C=O) groups is 1. The van der Waals surface area contributed by atoms with Crippen LogP contribution in [0, 0.1) is 0 Å². The monoisotopic (exact) mass is 483 g/mol. The van der Waals surface area contributed by atoms with Crippen LogP contribution in [0.2, 0.25) is 0 Å². The Bertz CT molecular complexity index is 1060. The minimum atomic E-state index is -3.39. The molecule has 2 heterocycles. The largest absolute Gasteiger partial charge is 0.352 e. The highest BCUT2D eigenvalue weighted by molar-refractivity contribution is 7.89. The molecule has 2 aliphatic heterocycles. The van der Waals surface area contributed by atoms with E-state index in [0.717, 1.165) is 31.5 Å². The summed E-state index contributed by atoms with van der Waals surface area (Å²) in [7, 11) is -3.39. The number of rotatable bonds is 9. The molecule has 0 radical (unpaired) electrons. The van der Waals surface area contributed by atoms with Crippen LogP contribution in [0.15, 0.2) is 53.4 Å². The van der Waals surface area contributed by atoms with Crippen LogP contribution >= 0.6 is 0 Å². The van der Waals surface area contributed by atoms with Crippen LogP contribution in [0.4, 0.5) is 0 Å². The maximum Gasteiger partial charge on any atom is 0.243 e. The summed E-state index contributed by atoms with van der Waals surface area (Å²) in [5, 5.41) is 3.07. The second-order valence-corrected chi connectivity index (χ2v) is 11.6. The number of aryl methyl sites for hydroxylation is 1. The van der Waals surface area contributed by atoms with Gasteiger partial charge in [0, 0.05) is 38.6 Å². The zero-order valence-electron chi connectivity index (χ0n) is 20.2. The fourth-order valence-electron chi connectivity index (χ4n) is 4.94. The zero-order valence-corrected chi connectivity index (χ0v) is 21.0. The Morgan fingerprint density at radius 3 is 2.32 bits per heavy atom. The summed E-state index contributed by atoms with van der Waals surface area (Å²) >= 11 is 0. The molecule has 2 aromatic rings. The molecule has 0 spiro atoms. The molecule has 0 aromatic heterocycles. The molecule has 2 aliphatic rings. The SMILES string of the molecule is CC1CCCCN1Cc1ccccc1CNC(=O)CCc1ccc(S(=O)(=O)N2CCCC2)cc1. The van der Waals surface area contributed by atoms with Gasteiger partial charge in [0.15, 0.2) is 0 Å². The lowest BCUT2D eigenvalue weighted by molar-refractivity contribution is -0.121. The van der Waals surface area contributed by atoms with Crippen LogP contribution in [-0.2, 0) is 34.3 Å². The molecular formula is C27H37N3O3S. The predicted octanol–water partition coefficient (Wildman–Crippen LogP) is 4.09. The van der Waals surface area contributed by atoms with Crippen molar-refractivity contribution in [3.63, 3.8) is 0 Å². The molecule has 0 saturated carbocycles. The maximum atomic E-state index is 12.7. The highest BCUT2D eigenvalue weighted by Crippen LogP contribution is 2.22. The van der Waals surface area contributed by atoms with E-state index in [1.807, 2.05) is 18.2 Å². The molecule has 4 rings (SSSR count). The van der Waals surface area contributed by atoms with Gasteiger partial charge in [-0.05, 0) is 74.4 Å². The number of sulfonamides is 1. The fraction of sp³-hybridized carbons (Fsp3) is 0.519. The lowest BCUT2D eigenvalue weighted by Gasteiger charge is -2.33. The number of carbonyl (C=O) groups excluding carboxylic acids is 1. The van der Waals surface area contributed by atoms with Crippen LogP contribution in [0.1, 0.15) is 62.1 Å². The minimum absolute atomic E-state index is 0.00917. The van der Waals surface area contributed by atoms with E-state index < -0.39 is 10.0 Å². The number of hydrogen-bond acceptors (Lipinski definition) is 4. The van der Waals surface area contributed by atoms with Crippen molar-refractivity contribution >= 4 is 15.9 Å². The molecule has 1 atom stereocenters. The van der Waals surface area contributed by atoms with Crippen molar-refractivity contribution in [2.75, 3.05) is 19.6 Å². The molecule has 1 amide bonds. The third-order valence-electron chi connectivity index (χ3n) is 7.18. The van der Waals surface area contributed by atoms with Crippen LogP contribution in [-0.4, -0.2) is 49.2 Å². The Hall–Kier alpha value is -2.22. The molecule has 0 bridgehead atoms. The average molecular weight is 484 g/mol. The summed E-state index contributed by atoms with van der Waals surface area (Å²) in [6.07, 6.45) is 6.64. The van der Waals surface area contributed by atoms with Crippen molar-refractivity contribution in [3.8, 4) is 0 Å². The quantitative estimate of drug-likeness (QED) is 0.583. The van der Waals surface area contributed by atoms with Crippen molar-refractivity contribution in [3.05, 3.63) is 65.2 Å². The van der Waals surface area contributed by atoms with Gasteiger partial charge in [-0.15, -0.1) is 0 Å². The molecule has 184 valence electrons. The Labute approximate surface area is 204 Å². The second-order valence-electron chi connectivity index (χ2n) is 9.62. The topological polar surface area (TPSA) is 69.7 Å². The van der Waals surface area contributed by atoms with Crippen molar-refractivity contribution in [1.82, 2.24) is 14.5 Å². The van der Waals surface area contributed by atoms with Gasteiger partial charge in [-0.1, -0.05) is 42.8 Å². The maximum absolute atomic E-state index is 12.7. The number of piperidine rings is 1. The van der Waals surface area contributed by atoms with Crippen LogP contribution < -0.4 is 5.32 Å². The van der Waals surface area contributed by atoms with Gasteiger partial charge >= 0.3 is 0 Å². The summed E-state index contributed by atoms with van der Waals surface area (Å²) in [5.41, 5.74) is 3.42. The van der Waals surface area contributed by atoms with Gasteiger partial charge in [0.1, 0.15) is 0 Å². The van der Waals surface area contributed by atoms with E-state index in [9.17, 15) is 13.2 Å². The Morgan fingerprint density at radius 1 is 0.941 bits per heavy atom. The Morgan fingerprint density at radius 2 is 1.62 bits per heavy atom. The van der Waals surface area contributed by atoms with E-state index in [1.165, 1.54) is 30.4 Å². The molecular weight excluding hydrogens is 446 g/mol. The smallest absolute Gasteiger partial charge is 0.243 e.